The lowest BCUT2D eigenvalue weighted by molar-refractivity contribution is 0.751. The maximum Gasteiger partial charge on any atom is 0.191 e. The lowest BCUT2D eigenvalue weighted by atomic mass is 10.4. The second-order valence-electron chi connectivity index (χ2n) is 4.85. The Kier molecular flexibility index (Phi) is 8.12. The summed E-state index contributed by atoms with van der Waals surface area (Å²) in [5.41, 5.74) is 2.05. The fourth-order valence-electron chi connectivity index (χ4n) is 2.05. The average molecular weight is 488 g/mol. The summed E-state index contributed by atoms with van der Waals surface area (Å²) in [4.78, 5) is 9.85. The van der Waals surface area contributed by atoms with E-state index in [1.54, 1.807) is 18.4 Å². The van der Waals surface area contributed by atoms with Gasteiger partial charge in [0.25, 0.3) is 0 Å². The molecule has 2 heterocycles. The Balaban J connectivity index is 0.00000264. The first-order valence-corrected chi connectivity index (χ1v) is 8.36. The van der Waals surface area contributed by atoms with Crippen LogP contribution in [-0.2, 0) is 20.1 Å². The molecular weight excluding hydrogens is 468 g/mol. The fourth-order valence-corrected chi connectivity index (χ4v) is 3.35. The van der Waals surface area contributed by atoms with Crippen molar-refractivity contribution in [3.8, 4) is 0 Å². The zero-order valence-electron chi connectivity index (χ0n) is 13.4. The standard InChI is InChI=1S/C14H19Cl2N5S.HI/c1-8-12(22-9(2)20-8)7-19-14(17-3)18-6-10-5-11(15)13(16)21(10)4;/h5H,6-7H2,1-4H3,(H2,17,18,19);1H. The number of aromatic nitrogens is 2. The van der Waals surface area contributed by atoms with Crippen molar-refractivity contribution in [2.45, 2.75) is 26.9 Å². The Morgan fingerprint density at radius 3 is 2.43 bits per heavy atom. The number of guanidine groups is 1. The van der Waals surface area contributed by atoms with Crippen molar-refractivity contribution in [2.75, 3.05) is 7.05 Å². The van der Waals surface area contributed by atoms with Crippen LogP contribution in [0.3, 0.4) is 0 Å². The van der Waals surface area contributed by atoms with Crippen molar-refractivity contribution >= 4 is 64.5 Å². The van der Waals surface area contributed by atoms with Crippen LogP contribution in [0.4, 0.5) is 0 Å². The molecule has 2 N–H and O–H groups in total. The quantitative estimate of drug-likeness (QED) is 0.390. The van der Waals surface area contributed by atoms with Crippen LogP contribution in [0.5, 0.6) is 0 Å². The van der Waals surface area contributed by atoms with E-state index in [4.69, 9.17) is 23.2 Å². The predicted octanol–water partition coefficient (Wildman–Crippen LogP) is 3.89. The second kappa shape index (κ2) is 9.10. The van der Waals surface area contributed by atoms with Crippen molar-refractivity contribution in [2.24, 2.45) is 12.0 Å². The summed E-state index contributed by atoms with van der Waals surface area (Å²) < 4.78 is 1.85. The summed E-state index contributed by atoms with van der Waals surface area (Å²) in [5, 5.41) is 8.70. The molecule has 0 aliphatic heterocycles. The third kappa shape index (κ3) is 5.23. The molecule has 128 valence electrons. The molecule has 0 amide bonds. The highest BCUT2D eigenvalue weighted by molar-refractivity contribution is 14.0. The van der Waals surface area contributed by atoms with Gasteiger partial charge in [-0.05, 0) is 19.9 Å². The van der Waals surface area contributed by atoms with Gasteiger partial charge < -0.3 is 15.2 Å². The Morgan fingerprint density at radius 1 is 1.30 bits per heavy atom. The average Bonchev–Trinajstić information content (AvgIpc) is 2.93. The van der Waals surface area contributed by atoms with Crippen LogP contribution in [0.15, 0.2) is 11.1 Å². The number of nitrogens with zero attached hydrogens (tertiary/aromatic N) is 3. The maximum absolute atomic E-state index is 6.06. The van der Waals surface area contributed by atoms with Crippen LogP contribution in [0, 0.1) is 13.8 Å². The Hall–Kier alpha value is -0.510. The molecule has 5 nitrogen and oxygen atoms in total. The molecule has 0 atom stereocenters. The summed E-state index contributed by atoms with van der Waals surface area (Å²) in [5.74, 6) is 0.721. The molecule has 0 saturated carbocycles. The topological polar surface area (TPSA) is 54.2 Å². The van der Waals surface area contributed by atoms with Gasteiger partial charge in [-0.15, -0.1) is 35.3 Å². The number of aryl methyl sites for hydroxylation is 2. The SMILES string of the molecule is CN=C(NCc1sc(C)nc1C)NCc1cc(Cl)c(Cl)n1C.I. The summed E-state index contributed by atoms with van der Waals surface area (Å²) >= 11 is 13.8. The molecule has 0 aliphatic carbocycles. The lowest BCUT2D eigenvalue weighted by Crippen LogP contribution is -2.36. The van der Waals surface area contributed by atoms with Gasteiger partial charge in [0.05, 0.1) is 28.8 Å². The molecule has 0 unspecified atom stereocenters. The van der Waals surface area contributed by atoms with E-state index in [1.807, 2.05) is 31.5 Å². The highest BCUT2D eigenvalue weighted by Gasteiger charge is 2.10. The zero-order chi connectivity index (χ0) is 16.3. The van der Waals surface area contributed by atoms with Gasteiger partial charge >= 0.3 is 0 Å². The van der Waals surface area contributed by atoms with Crippen molar-refractivity contribution in [1.29, 1.82) is 0 Å². The molecule has 0 bridgehead atoms. The van der Waals surface area contributed by atoms with E-state index in [9.17, 15) is 0 Å². The van der Waals surface area contributed by atoms with E-state index in [0.29, 0.717) is 23.3 Å². The molecule has 2 rings (SSSR count). The zero-order valence-corrected chi connectivity index (χ0v) is 18.1. The normalized spacial score (nSPS) is 11.3. The van der Waals surface area contributed by atoms with Crippen LogP contribution in [-0.4, -0.2) is 22.6 Å². The Bertz CT molecular complexity index is 696. The smallest absolute Gasteiger partial charge is 0.191 e. The van der Waals surface area contributed by atoms with Crippen LogP contribution in [0.25, 0.3) is 0 Å². The molecule has 2 aromatic heterocycles. The molecule has 2 aromatic rings. The number of thiazole rings is 1. The first kappa shape index (κ1) is 20.5. The minimum absolute atomic E-state index is 0. The second-order valence-corrected chi connectivity index (χ2v) is 6.91. The molecule has 23 heavy (non-hydrogen) atoms. The summed E-state index contributed by atoms with van der Waals surface area (Å²) in [6, 6.07) is 1.85. The van der Waals surface area contributed by atoms with Crippen molar-refractivity contribution in [3.05, 3.63) is 37.5 Å². The van der Waals surface area contributed by atoms with E-state index in [2.05, 4.69) is 20.6 Å². The van der Waals surface area contributed by atoms with Crippen molar-refractivity contribution in [3.63, 3.8) is 0 Å². The van der Waals surface area contributed by atoms with E-state index >= 15 is 0 Å². The summed E-state index contributed by atoms with van der Waals surface area (Å²) in [6.07, 6.45) is 0. The van der Waals surface area contributed by atoms with Crippen molar-refractivity contribution in [1.82, 2.24) is 20.2 Å². The van der Waals surface area contributed by atoms with E-state index in [-0.39, 0.29) is 24.0 Å². The number of nitrogens with one attached hydrogen (secondary N) is 2. The minimum atomic E-state index is 0. The monoisotopic (exact) mass is 487 g/mol. The predicted molar refractivity (Wildman–Crippen MR) is 109 cm³/mol. The van der Waals surface area contributed by atoms with Gasteiger partial charge in [0.2, 0.25) is 0 Å². The number of rotatable bonds is 4. The van der Waals surface area contributed by atoms with Crippen LogP contribution in [0.1, 0.15) is 21.3 Å². The fraction of sp³-hybridized carbons (Fsp3) is 0.429. The van der Waals surface area contributed by atoms with Gasteiger partial charge in [0.15, 0.2) is 5.96 Å². The number of aliphatic imine (C=N–C) groups is 1. The Labute approximate surface area is 167 Å². The van der Waals surface area contributed by atoms with E-state index in [0.717, 1.165) is 22.4 Å². The lowest BCUT2D eigenvalue weighted by Gasteiger charge is -2.12. The van der Waals surface area contributed by atoms with Crippen LogP contribution < -0.4 is 10.6 Å². The summed E-state index contributed by atoms with van der Waals surface area (Å²) in [7, 11) is 3.62. The van der Waals surface area contributed by atoms with Gasteiger partial charge in [0, 0.05) is 24.7 Å². The number of hydrogen-bond donors (Lipinski definition) is 2. The van der Waals surface area contributed by atoms with Gasteiger partial charge in [-0.3, -0.25) is 4.99 Å². The summed E-state index contributed by atoms with van der Waals surface area (Å²) in [6.45, 7) is 5.32. The molecule has 9 heteroatoms. The van der Waals surface area contributed by atoms with Gasteiger partial charge in [-0.1, -0.05) is 23.2 Å². The maximum atomic E-state index is 6.06. The molecule has 0 radical (unpaired) electrons. The third-order valence-electron chi connectivity index (χ3n) is 3.29. The molecule has 0 spiro atoms. The van der Waals surface area contributed by atoms with Crippen molar-refractivity contribution < 1.29 is 0 Å². The first-order valence-electron chi connectivity index (χ1n) is 6.79. The third-order valence-corrected chi connectivity index (χ3v) is 5.21. The molecule has 0 fully saturated rings. The van der Waals surface area contributed by atoms with Gasteiger partial charge in [-0.25, -0.2) is 4.98 Å². The molecular formula is C14H20Cl2IN5S. The Morgan fingerprint density at radius 2 is 1.96 bits per heavy atom. The number of halogens is 3. The molecule has 0 aromatic carbocycles. The molecule has 0 saturated heterocycles. The largest absolute Gasteiger partial charge is 0.351 e. The van der Waals surface area contributed by atoms with E-state index < -0.39 is 0 Å². The van der Waals surface area contributed by atoms with Gasteiger partial charge in [-0.2, -0.15) is 0 Å². The first-order chi connectivity index (χ1) is 10.4. The van der Waals surface area contributed by atoms with Gasteiger partial charge in [0.1, 0.15) is 5.15 Å². The van der Waals surface area contributed by atoms with E-state index in [1.165, 1.54) is 4.88 Å². The number of hydrogen-bond acceptors (Lipinski definition) is 3. The minimum Gasteiger partial charge on any atom is -0.351 e. The molecule has 0 aliphatic rings. The van der Waals surface area contributed by atoms with Crippen LogP contribution >= 0.6 is 58.5 Å². The highest BCUT2D eigenvalue weighted by Crippen LogP contribution is 2.24. The highest BCUT2D eigenvalue weighted by atomic mass is 127. The van der Waals surface area contributed by atoms with Crippen LogP contribution in [0.2, 0.25) is 10.2 Å².